The first-order valence-electron chi connectivity index (χ1n) is 12.9. The van der Waals surface area contributed by atoms with Gasteiger partial charge in [0.15, 0.2) is 0 Å². The fourth-order valence-electron chi connectivity index (χ4n) is 7.92. The van der Waals surface area contributed by atoms with E-state index in [0.717, 1.165) is 0 Å². The van der Waals surface area contributed by atoms with E-state index in [2.05, 4.69) is 158 Å². The van der Waals surface area contributed by atoms with Gasteiger partial charge in [-0.3, -0.25) is 0 Å². The summed E-state index contributed by atoms with van der Waals surface area (Å²) >= 11 is 0. The van der Waals surface area contributed by atoms with Gasteiger partial charge in [0.2, 0.25) is 0 Å². The van der Waals surface area contributed by atoms with E-state index in [0.29, 0.717) is 0 Å². The Morgan fingerprint density at radius 1 is 0.243 bits per heavy atom. The van der Waals surface area contributed by atoms with E-state index >= 15 is 0 Å². The van der Waals surface area contributed by atoms with Crippen LogP contribution < -0.4 is 0 Å². The van der Waals surface area contributed by atoms with Gasteiger partial charge in [0.05, 0.1) is 0 Å². The molecular weight excluding hydrogens is 464 g/mol. The molecule has 176 valence electrons. The maximum absolute atomic E-state index is 4.05. The Bertz CT molecular complexity index is 1620. The minimum atomic E-state index is -4.05. The summed E-state index contributed by atoms with van der Waals surface area (Å²) < 4.78 is 0. The van der Waals surface area contributed by atoms with E-state index in [1.54, 1.807) is 0 Å². The van der Waals surface area contributed by atoms with Gasteiger partial charge < -0.3 is 0 Å². The van der Waals surface area contributed by atoms with Gasteiger partial charge in [-0.25, -0.2) is 0 Å². The van der Waals surface area contributed by atoms with E-state index in [1.165, 1.54) is 51.6 Å². The highest BCUT2D eigenvalue weighted by atomic mass is 32.4. The van der Waals surface area contributed by atoms with Crippen LogP contribution in [0.25, 0.3) is 22.3 Å². The highest BCUT2D eigenvalue weighted by Crippen LogP contribution is 3.18. The second-order valence-corrected chi connectivity index (χ2v) is 15.9. The Labute approximate surface area is 217 Å². The standard InChI is InChI=1S/C36H26S/c1-3-15-27(16-4-1)37(28-17-5-2-6-18-28,33-23-11-7-19-29(33)30-20-8-12-24-34(30)37)35-25-13-9-21-31(35)32-22-10-14-26-36(32)37/h1-26H. The second-order valence-electron chi connectivity index (χ2n) is 10.1. The number of benzene rings is 6. The largest absolute Gasteiger partial charge is 0.146 e. The number of hydrogen-bond donors (Lipinski definition) is 0. The Kier molecular flexibility index (Phi) is 3.77. The fraction of sp³-hybridized carbons (Fsp3) is 0. The molecule has 2 aliphatic heterocycles. The average molecular weight is 491 g/mol. The molecule has 37 heavy (non-hydrogen) atoms. The molecule has 1 spiro atoms. The fourth-order valence-corrected chi connectivity index (χ4v) is 17.9. The monoisotopic (exact) mass is 490 g/mol. The van der Waals surface area contributed by atoms with Crippen molar-refractivity contribution in [2.24, 2.45) is 0 Å². The SMILES string of the molecule is c1ccc(S23(c4ccccc4)(c4ccccc4-c4ccccc42)c2ccccc2-c2ccccc23)cc1. The van der Waals surface area contributed by atoms with E-state index in [1.807, 2.05) is 0 Å². The minimum Gasteiger partial charge on any atom is -0.146 e. The van der Waals surface area contributed by atoms with Crippen LogP contribution in [0.1, 0.15) is 0 Å². The van der Waals surface area contributed by atoms with E-state index < -0.39 is 8.29 Å². The van der Waals surface area contributed by atoms with Crippen molar-refractivity contribution in [3.05, 3.63) is 158 Å². The zero-order chi connectivity index (χ0) is 24.6. The van der Waals surface area contributed by atoms with Crippen molar-refractivity contribution < 1.29 is 0 Å². The zero-order valence-electron chi connectivity index (χ0n) is 20.4. The zero-order valence-corrected chi connectivity index (χ0v) is 21.2. The lowest BCUT2D eigenvalue weighted by molar-refractivity contribution is 1.12. The molecule has 0 saturated carbocycles. The van der Waals surface area contributed by atoms with Gasteiger partial charge in [-0.1, -0.05) is 109 Å². The third-order valence-corrected chi connectivity index (χ3v) is 17.7. The van der Waals surface area contributed by atoms with Crippen LogP contribution in [0.5, 0.6) is 0 Å². The van der Waals surface area contributed by atoms with Crippen molar-refractivity contribution in [2.75, 3.05) is 0 Å². The molecular formula is C36H26S. The summed E-state index contributed by atoms with van der Waals surface area (Å²) in [6, 6.07) is 59.6. The molecule has 0 aliphatic carbocycles. The maximum atomic E-state index is 2.43. The molecule has 0 atom stereocenters. The van der Waals surface area contributed by atoms with Crippen molar-refractivity contribution in [3.63, 3.8) is 0 Å². The van der Waals surface area contributed by atoms with Gasteiger partial charge in [0.1, 0.15) is 0 Å². The maximum Gasteiger partial charge on any atom is 0.00345 e. The van der Waals surface area contributed by atoms with Gasteiger partial charge in [-0.15, -0.1) is 8.29 Å². The van der Waals surface area contributed by atoms with Crippen LogP contribution in [0.4, 0.5) is 0 Å². The molecule has 0 radical (unpaired) electrons. The average Bonchev–Trinajstić information content (AvgIpc) is 3.40. The van der Waals surface area contributed by atoms with Crippen molar-refractivity contribution >= 4 is 8.29 Å². The van der Waals surface area contributed by atoms with Crippen molar-refractivity contribution in [2.45, 2.75) is 29.4 Å². The number of hydrogen-bond acceptors (Lipinski definition) is 0. The lowest BCUT2D eigenvalue weighted by Gasteiger charge is -2.77. The Morgan fingerprint density at radius 3 is 0.784 bits per heavy atom. The highest BCUT2D eigenvalue weighted by Gasteiger charge is 2.76. The highest BCUT2D eigenvalue weighted by molar-refractivity contribution is 8.65. The lowest BCUT2D eigenvalue weighted by atomic mass is 10.1. The van der Waals surface area contributed by atoms with E-state index in [4.69, 9.17) is 0 Å². The molecule has 0 aromatic heterocycles. The second kappa shape index (κ2) is 6.70. The molecule has 0 amide bonds. The molecule has 0 saturated heterocycles. The number of fused-ring (bicyclic) bond motifs is 10. The molecule has 6 aromatic rings. The van der Waals surface area contributed by atoms with Crippen molar-refractivity contribution in [1.82, 2.24) is 0 Å². The molecule has 0 nitrogen and oxygen atoms in total. The quantitative estimate of drug-likeness (QED) is 0.226. The summed E-state index contributed by atoms with van der Waals surface area (Å²) in [5, 5.41) is 0. The Balaban J connectivity index is 1.90. The summed E-state index contributed by atoms with van der Waals surface area (Å²) in [5.74, 6) is 0. The molecule has 2 heterocycles. The smallest absolute Gasteiger partial charge is 0.00345 e. The van der Waals surface area contributed by atoms with E-state index in [-0.39, 0.29) is 0 Å². The molecule has 2 aliphatic rings. The molecule has 0 fully saturated rings. The van der Waals surface area contributed by atoms with Gasteiger partial charge in [-0.05, 0) is 80.6 Å². The van der Waals surface area contributed by atoms with Gasteiger partial charge in [-0.2, -0.15) is 0 Å². The molecule has 1 heteroatoms. The summed E-state index contributed by atoms with van der Waals surface area (Å²) in [6.45, 7) is 0. The minimum absolute atomic E-state index is 1.33. The molecule has 0 bridgehead atoms. The van der Waals surface area contributed by atoms with Crippen LogP contribution in [0.2, 0.25) is 0 Å². The normalized spacial score (nSPS) is 18.3. The molecule has 8 rings (SSSR count). The molecule has 6 aromatic carbocycles. The lowest BCUT2D eigenvalue weighted by Crippen LogP contribution is -2.35. The first kappa shape index (κ1) is 20.8. The Morgan fingerprint density at radius 2 is 0.486 bits per heavy atom. The Hall–Kier alpha value is -4.33. The van der Waals surface area contributed by atoms with Crippen LogP contribution in [-0.2, 0) is 0 Å². The predicted molar refractivity (Wildman–Crippen MR) is 154 cm³/mol. The van der Waals surface area contributed by atoms with Gasteiger partial charge in [0, 0.05) is 19.6 Å². The van der Waals surface area contributed by atoms with Crippen molar-refractivity contribution in [3.8, 4) is 22.3 Å². The van der Waals surface area contributed by atoms with Crippen LogP contribution in [-0.4, -0.2) is 0 Å². The summed E-state index contributed by atoms with van der Waals surface area (Å²) in [5.41, 5.74) is 5.33. The van der Waals surface area contributed by atoms with Crippen molar-refractivity contribution in [1.29, 1.82) is 0 Å². The van der Waals surface area contributed by atoms with Gasteiger partial charge in [0.25, 0.3) is 0 Å². The van der Waals surface area contributed by atoms with Crippen LogP contribution in [0, 0.1) is 0 Å². The summed E-state index contributed by atoms with van der Waals surface area (Å²) in [7, 11) is -4.05. The summed E-state index contributed by atoms with van der Waals surface area (Å²) in [4.78, 5) is 8.39. The third-order valence-electron chi connectivity index (χ3n) is 8.99. The molecule has 0 unspecified atom stereocenters. The summed E-state index contributed by atoms with van der Waals surface area (Å²) in [6.07, 6.45) is 0. The first-order chi connectivity index (χ1) is 18.3. The predicted octanol–water partition coefficient (Wildman–Crippen LogP) is 10.2. The van der Waals surface area contributed by atoms with Gasteiger partial charge >= 0.3 is 0 Å². The van der Waals surface area contributed by atoms with Crippen LogP contribution in [0.3, 0.4) is 0 Å². The van der Waals surface area contributed by atoms with Crippen LogP contribution in [0.15, 0.2) is 187 Å². The van der Waals surface area contributed by atoms with Crippen LogP contribution >= 0.6 is 8.29 Å². The number of rotatable bonds is 2. The molecule has 0 N–H and O–H groups in total. The third kappa shape index (κ3) is 1.82. The van der Waals surface area contributed by atoms with E-state index in [9.17, 15) is 0 Å². The topological polar surface area (TPSA) is 0 Å². The first-order valence-corrected chi connectivity index (χ1v) is 15.3.